The molecule has 0 aliphatic rings. The summed E-state index contributed by atoms with van der Waals surface area (Å²) in [5.41, 5.74) is 5.34. The van der Waals surface area contributed by atoms with Crippen molar-refractivity contribution in [2.45, 2.75) is 4.90 Å². The summed E-state index contributed by atoms with van der Waals surface area (Å²) in [5.74, 6) is 5.51. The molecule has 4 N–H and O–H groups in total. The number of hydrazine groups is 1. The lowest BCUT2D eigenvalue weighted by Crippen LogP contribution is -2.14. The molecular formula is C12H11N5O2S2. The predicted molar refractivity (Wildman–Crippen MR) is 82.5 cm³/mol. The first kappa shape index (κ1) is 13.7. The van der Waals surface area contributed by atoms with Crippen LogP contribution in [0.1, 0.15) is 0 Å². The topological polar surface area (TPSA) is 110 Å². The number of nitrogens with zero attached hydrogens (tertiary/aromatic N) is 2. The molecule has 1 aromatic carbocycles. The zero-order valence-electron chi connectivity index (χ0n) is 10.6. The van der Waals surface area contributed by atoms with Crippen molar-refractivity contribution in [1.82, 2.24) is 9.97 Å². The molecule has 0 spiro atoms. The van der Waals surface area contributed by atoms with Gasteiger partial charge in [-0.2, -0.15) is 0 Å². The molecule has 0 atom stereocenters. The van der Waals surface area contributed by atoms with Crippen LogP contribution in [0.2, 0.25) is 0 Å². The number of hydrogen-bond acceptors (Lipinski definition) is 7. The molecule has 3 rings (SSSR count). The minimum absolute atomic E-state index is 0.0786. The minimum atomic E-state index is -3.70. The second-order valence-corrected chi connectivity index (χ2v) is 6.73. The van der Waals surface area contributed by atoms with Gasteiger partial charge in [0.1, 0.15) is 5.82 Å². The third kappa shape index (κ3) is 2.79. The number of nitrogens with two attached hydrogens (primary N) is 1. The van der Waals surface area contributed by atoms with Crippen LogP contribution in [0.3, 0.4) is 0 Å². The summed E-state index contributed by atoms with van der Waals surface area (Å²) in [6.07, 6.45) is 1.37. The second-order valence-electron chi connectivity index (χ2n) is 4.16. The number of rotatable bonds is 4. The van der Waals surface area contributed by atoms with Gasteiger partial charge in [0.15, 0.2) is 0 Å². The summed E-state index contributed by atoms with van der Waals surface area (Å²) in [6, 6.07) is 7.93. The summed E-state index contributed by atoms with van der Waals surface area (Å²) in [5, 5.41) is 0. The molecule has 0 bridgehead atoms. The Kier molecular flexibility index (Phi) is 3.45. The Morgan fingerprint density at radius 3 is 2.81 bits per heavy atom. The fourth-order valence-electron chi connectivity index (χ4n) is 1.79. The summed E-state index contributed by atoms with van der Waals surface area (Å²) < 4.78 is 28.1. The van der Waals surface area contributed by atoms with E-state index in [0.29, 0.717) is 5.69 Å². The Hall–Kier alpha value is -2.23. The van der Waals surface area contributed by atoms with Crippen LogP contribution in [0.5, 0.6) is 0 Å². The molecule has 0 radical (unpaired) electrons. The third-order valence-corrected chi connectivity index (χ3v) is 4.94. The number of fused-ring (bicyclic) bond motifs is 1. The molecule has 2 aromatic heterocycles. The van der Waals surface area contributed by atoms with E-state index >= 15 is 0 Å². The average molecular weight is 321 g/mol. The maximum absolute atomic E-state index is 12.3. The molecule has 0 saturated heterocycles. The van der Waals surface area contributed by atoms with E-state index in [1.807, 2.05) is 0 Å². The number of aromatic nitrogens is 2. The van der Waals surface area contributed by atoms with Gasteiger partial charge in [0.2, 0.25) is 0 Å². The van der Waals surface area contributed by atoms with E-state index < -0.39 is 10.0 Å². The molecule has 0 aliphatic heterocycles. The molecule has 108 valence electrons. The molecule has 21 heavy (non-hydrogen) atoms. The van der Waals surface area contributed by atoms with E-state index in [4.69, 9.17) is 5.84 Å². The van der Waals surface area contributed by atoms with Gasteiger partial charge in [-0.25, -0.2) is 24.2 Å². The number of hydrogen-bond donors (Lipinski definition) is 3. The molecule has 2 heterocycles. The molecule has 0 aliphatic carbocycles. The smallest absolute Gasteiger partial charge is 0.262 e. The normalized spacial score (nSPS) is 11.5. The van der Waals surface area contributed by atoms with Crippen LogP contribution in [0.25, 0.3) is 10.2 Å². The molecular weight excluding hydrogens is 310 g/mol. The first-order valence-electron chi connectivity index (χ1n) is 5.87. The Labute approximate surface area is 124 Å². The van der Waals surface area contributed by atoms with Gasteiger partial charge in [0.25, 0.3) is 10.0 Å². The van der Waals surface area contributed by atoms with Crippen LogP contribution in [0, 0.1) is 0 Å². The van der Waals surface area contributed by atoms with Crippen molar-refractivity contribution in [3.8, 4) is 0 Å². The van der Waals surface area contributed by atoms with Crippen molar-refractivity contribution in [3.05, 3.63) is 42.0 Å². The lowest BCUT2D eigenvalue weighted by molar-refractivity contribution is 0.601. The number of pyridine rings is 1. The van der Waals surface area contributed by atoms with E-state index in [-0.39, 0.29) is 10.7 Å². The largest absolute Gasteiger partial charge is 0.308 e. The van der Waals surface area contributed by atoms with Crippen molar-refractivity contribution in [2.75, 3.05) is 10.1 Å². The van der Waals surface area contributed by atoms with E-state index in [1.54, 1.807) is 23.7 Å². The second kappa shape index (κ2) is 5.28. The molecule has 7 nitrogen and oxygen atoms in total. The fourth-order valence-corrected chi connectivity index (χ4v) is 3.57. The van der Waals surface area contributed by atoms with Gasteiger partial charge in [-0.15, -0.1) is 11.3 Å². The number of benzene rings is 1. The van der Waals surface area contributed by atoms with E-state index in [2.05, 4.69) is 20.1 Å². The highest BCUT2D eigenvalue weighted by molar-refractivity contribution is 7.92. The Morgan fingerprint density at radius 1 is 1.14 bits per heavy atom. The molecule has 0 saturated carbocycles. The maximum atomic E-state index is 12.3. The SMILES string of the molecule is NNc1cc(S(=O)(=O)Nc2ccc3ncsc3c2)ccn1. The van der Waals surface area contributed by atoms with Gasteiger partial charge in [-0.1, -0.05) is 0 Å². The lowest BCUT2D eigenvalue weighted by atomic mass is 10.3. The maximum Gasteiger partial charge on any atom is 0.262 e. The van der Waals surface area contributed by atoms with Crippen LogP contribution >= 0.6 is 11.3 Å². The quantitative estimate of drug-likeness (QED) is 0.499. The number of nitrogens with one attached hydrogen (secondary N) is 2. The van der Waals surface area contributed by atoms with Crippen LogP contribution in [-0.2, 0) is 10.0 Å². The Bertz CT molecular complexity index is 891. The molecule has 9 heteroatoms. The predicted octanol–water partition coefficient (Wildman–Crippen LogP) is 1.78. The number of nitrogen functional groups attached to an aromatic ring is 1. The molecule has 0 unspecified atom stereocenters. The first-order valence-corrected chi connectivity index (χ1v) is 8.23. The van der Waals surface area contributed by atoms with E-state index in [9.17, 15) is 8.42 Å². The highest BCUT2D eigenvalue weighted by Crippen LogP contribution is 2.24. The van der Waals surface area contributed by atoms with E-state index in [0.717, 1.165) is 10.2 Å². The van der Waals surface area contributed by atoms with Crippen molar-refractivity contribution in [1.29, 1.82) is 0 Å². The Morgan fingerprint density at radius 2 is 2.00 bits per heavy atom. The van der Waals surface area contributed by atoms with Crippen molar-refractivity contribution in [3.63, 3.8) is 0 Å². The fraction of sp³-hybridized carbons (Fsp3) is 0. The van der Waals surface area contributed by atoms with Gasteiger partial charge in [-0.3, -0.25) is 4.72 Å². The van der Waals surface area contributed by atoms with Crippen molar-refractivity contribution in [2.24, 2.45) is 5.84 Å². The number of sulfonamides is 1. The molecule has 3 aromatic rings. The minimum Gasteiger partial charge on any atom is -0.308 e. The van der Waals surface area contributed by atoms with Gasteiger partial charge >= 0.3 is 0 Å². The first-order chi connectivity index (χ1) is 10.1. The van der Waals surface area contributed by atoms with Gasteiger partial charge < -0.3 is 5.43 Å². The molecule has 0 fully saturated rings. The number of thiazole rings is 1. The standard InChI is InChI=1S/C12H11N5O2S2/c13-16-12-6-9(3-4-14-12)21(18,19)17-8-1-2-10-11(5-8)20-7-15-10/h1-7,17H,13H2,(H,14,16). The summed E-state index contributed by atoms with van der Waals surface area (Å²) >= 11 is 1.45. The lowest BCUT2D eigenvalue weighted by Gasteiger charge is -2.09. The average Bonchev–Trinajstić information content (AvgIpc) is 2.94. The van der Waals surface area contributed by atoms with Gasteiger partial charge in [0.05, 0.1) is 26.3 Å². The summed E-state index contributed by atoms with van der Waals surface area (Å²) in [6.45, 7) is 0. The zero-order chi connectivity index (χ0) is 14.9. The van der Waals surface area contributed by atoms with Crippen molar-refractivity contribution < 1.29 is 8.42 Å². The van der Waals surface area contributed by atoms with Crippen LogP contribution < -0.4 is 16.0 Å². The third-order valence-electron chi connectivity index (χ3n) is 2.77. The summed E-state index contributed by atoms with van der Waals surface area (Å²) in [7, 11) is -3.70. The Balaban J connectivity index is 1.94. The van der Waals surface area contributed by atoms with Crippen LogP contribution in [0.4, 0.5) is 11.5 Å². The molecule has 0 amide bonds. The van der Waals surface area contributed by atoms with Gasteiger partial charge in [-0.05, 0) is 24.3 Å². The van der Waals surface area contributed by atoms with Crippen LogP contribution in [-0.4, -0.2) is 18.4 Å². The zero-order valence-corrected chi connectivity index (χ0v) is 12.3. The highest BCUT2D eigenvalue weighted by atomic mass is 32.2. The monoisotopic (exact) mass is 321 g/mol. The number of anilines is 2. The van der Waals surface area contributed by atoms with Gasteiger partial charge in [0, 0.05) is 12.3 Å². The van der Waals surface area contributed by atoms with Crippen LogP contribution in [0.15, 0.2) is 46.9 Å². The highest BCUT2D eigenvalue weighted by Gasteiger charge is 2.15. The van der Waals surface area contributed by atoms with E-state index in [1.165, 1.54) is 29.7 Å². The van der Waals surface area contributed by atoms with Crippen molar-refractivity contribution >= 4 is 43.1 Å². The summed E-state index contributed by atoms with van der Waals surface area (Å²) in [4.78, 5) is 8.10.